The molecule has 1 aromatic carbocycles. The Hall–Kier alpha value is -2.52. The van der Waals surface area contributed by atoms with Crippen molar-refractivity contribution in [1.29, 1.82) is 5.26 Å². The smallest absolute Gasteiger partial charge is 0.142 e. The van der Waals surface area contributed by atoms with E-state index in [4.69, 9.17) is 5.73 Å². The van der Waals surface area contributed by atoms with Crippen LogP contribution in [0.5, 0.6) is 0 Å². The zero-order valence-electron chi connectivity index (χ0n) is 15.0. The third-order valence-electron chi connectivity index (χ3n) is 5.05. The van der Waals surface area contributed by atoms with Crippen molar-refractivity contribution in [2.24, 2.45) is 0 Å². The van der Waals surface area contributed by atoms with E-state index in [1.54, 1.807) is 6.07 Å². The number of likely N-dealkylation sites (tertiary alicyclic amines) is 1. The van der Waals surface area contributed by atoms with Gasteiger partial charge in [-0.2, -0.15) is 5.26 Å². The Labute approximate surface area is 152 Å². The number of hydrogen-bond acceptors (Lipinski definition) is 4. The maximum atomic E-state index is 13.6. The largest absolute Gasteiger partial charge is 0.383 e. The number of nitrogens with two attached hydrogens (primary N) is 1. The molecule has 0 radical (unpaired) electrons. The number of nitrogens with zero attached hydrogens (tertiary/aromatic N) is 3. The highest BCUT2D eigenvalue weighted by atomic mass is 19.1. The average Bonchev–Trinajstić information content (AvgIpc) is 2.60. The minimum atomic E-state index is -0.670. The third kappa shape index (κ3) is 3.68. The monoisotopic (exact) mass is 356 g/mol. The number of halogens is 2. The maximum absolute atomic E-state index is 13.6. The topological polar surface area (TPSA) is 65.9 Å². The van der Waals surface area contributed by atoms with Gasteiger partial charge in [-0.1, -0.05) is 0 Å². The van der Waals surface area contributed by atoms with Gasteiger partial charge in [-0.25, -0.2) is 13.8 Å². The summed E-state index contributed by atoms with van der Waals surface area (Å²) in [7, 11) is 0. The van der Waals surface area contributed by atoms with Crippen LogP contribution in [0.2, 0.25) is 0 Å². The van der Waals surface area contributed by atoms with Gasteiger partial charge in [0.2, 0.25) is 0 Å². The van der Waals surface area contributed by atoms with Gasteiger partial charge < -0.3 is 10.6 Å². The van der Waals surface area contributed by atoms with Crippen molar-refractivity contribution < 1.29 is 8.78 Å². The summed E-state index contributed by atoms with van der Waals surface area (Å²) in [5.74, 6) is -1.05. The SMILES string of the molecule is CC(C)N1CCC(c2cc(-c3cc(F)cc(F)c3)nc(N)c2C#N)CC1. The van der Waals surface area contributed by atoms with E-state index in [0.29, 0.717) is 22.9 Å². The van der Waals surface area contributed by atoms with Crippen molar-refractivity contribution in [2.75, 3.05) is 18.8 Å². The first-order chi connectivity index (χ1) is 12.4. The second-order valence-corrected chi connectivity index (χ2v) is 7.03. The highest BCUT2D eigenvalue weighted by Gasteiger charge is 2.26. The van der Waals surface area contributed by atoms with Gasteiger partial charge in [-0.3, -0.25) is 0 Å². The number of hydrogen-bond donors (Lipinski definition) is 1. The normalized spacial score (nSPS) is 16.0. The van der Waals surface area contributed by atoms with E-state index >= 15 is 0 Å². The van der Waals surface area contributed by atoms with E-state index < -0.39 is 11.6 Å². The van der Waals surface area contributed by atoms with E-state index in [9.17, 15) is 14.0 Å². The molecule has 0 bridgehead atoms. The van der Waals surface area contributed by atoms with E-state index in [2.05, 4.69) is 29.8 Å². The Morgan fingerprint density at radius 1 is 1.15 bits per heavy atom. The number of rotatable bonds is 3. The number of aromatic nitrogens is 1. The van der Waals surface area contributed by atoms with E-state index in [0.717, 1.165) is 37.6 Å². The minimum Gasteiger partial charge on any atom is -0.383 e. The van der Waals surface area contributed by atoms with E-state index in [1.165, 1.54) is 12.1 Å². The van der Waals surface area contributed by atoms with E-state index in [-0.39, 0.29) is 11.7 Å². The third-order valence-corrected chi connectivity index (χ3v) is 5.05. The van der Waals surface area contributed by atoms with Crippen LogP contribution in [0.15, 0.2) is 24.3 Å². The molecule has 1 aliphatic rings. The zero-order valence-corrected chi connectivity index (χ0v) is 15.0. The second kappa shape index (κ2) is 7.38. The lowest BCUT2D eigenvalue weighted by atomic mass is 9.86. The standard InChI is InChI=1S/C20H22F2N4/c1-12(2)26-5-3-13(4-6-26)17-10-19(25-20(24)18(17)11-23)14-7-15(21)9-16(22)8-14/h7-10,12-13H,3-6H2,1-2H3,(H2,24,25). The molecule has 1 aliphatic heterocycles. The summed E-state index contributed by atoms with van der Waals surface area (Å²) in [6.07, 6.45) is 1.82. The first-order valence-corrected chi connectivity index (χ1v) is 8.80. The van der Waals surface area contributed by atoms with Crippen molar-refractivity contribution in [1.82, 2.24) is 9.88 Å². The highest BCUT2D eigenvalue weighted by Crippen LogP contribution is 2.35. The molecule has 0 saturated carbocycles. The predicted molar refractivity (Wildman–Crippen MR) is 97.4 cm³/mol. The zero-order chi connectivity index (χ0) is 18.8. The van der Waals surface area contributed by atoms with Gasteiger partial charge in [0.25, 0.3) is 0 Å². The summed E-state index contributed by atoms with van der Waals surface area (Å²) in [6, 6.07) is 7.66. The van der Waals surface area contributed by atoms with Gasteiger partial charge >= 0.3 is 0 Å². The summed E-state index contributed by atoms with van der Waals surface area (Å²) >= 11 is 0. The summed E-state index contributed by atoms with van der Waals surface area (Å²) in [5, 5.41) is 9.52. The van der Waals surface area contributed by atoms with Crippen molar-refractivity contribution in [3.8, 4) is 17.3 Å². The molecule has 0 amide bonds. The summed E-state index contributed by atoms with van der Waals surface area (Å²) < 4.78 is 27.2. The molecule has 1 fully saturated rings. The second-order valence-electron chi connectivity index (χ2n) is 7.03. The lowest BCUT2D eigenvalue weighted by Crippen LogP contribution is -2.38. The van der Waals surface area contributed by atoms with Gasteiger partial charge in [-0.05, 0) is 69.5 Å². The molecule has 136 valence electrons. The van der Waals surface area contributed by atoms with Crippen LogP contribution < -0.4 is 5.73 Å². The lowest BCUT2D eigenvalue weighted by Gasteiger charge is -2.35. The summed E-state index contributed by atoms with van der Waals surface area (Å²) in [5.41, 5.74) is 7.90. The molecule has 6 heteroatoms. The minimum absolute atomic E-state index is 0.107. The van der Waals surface area contributed by atoms with Crippen LogP contribution in [0.4, 0.5) is 14.6 Å². The van der Waals surface area contributed by atoms with Gasteiger partial charge in [0.05, 0.1) is 11.3 Å². The molecule has 2 N–H and O–H groups in total. The molecule has 4 nitrogen and oxygen atoms in total. The number of piperidine rings is 1. The first kappa shape index (κ1) is 18.3. The molecular formula is C20H22F2N4. The first-order valence-electron chi connectivity index (χ1n) is 8.80. The Kier molecular flexibility index (Phi) is 5.19. The Morgan fingerprint density at radius 3 is 2.31 bits per heavy atom. The van der Waals surface area contributed by atoms with E-state index in [1.807, 2.05) is 0 Å². The Morgan fingerprint density at radius 2 is 1.77 bits per heavy atom. The molecular weight excluding hydrogens is 334 g/mol. The molecule has 0 aliphatic carbocycles. The van der Waals surface area contributed by atoms with Crippen LogP contribution in [-0.4, -0.2) is 29.0 Å². The molecule has 1 aromatic heterocycles. The molecule has 0 spiro atoms. The molecule has 2 aromatic rings. The molecule has 3 rings (SSSR count). The number of pyridine rings is 1. The fraction of sp³-hybridized carbons (Fsp3) is 0.400. The molecule has 0 unspecified atom stereocenters. The van der Waals surface area contributed by atoms with Crippen LogP contribution in [0.3, 0.4) is 0 Å². The number of nitriles is 1. The van der Waals surface area contributed by atoms with Gasteiger partial charge in [0.1, 0.15) is 23.5 Å². The van der Waals surface area contributed by atoms with Crippen LogP contribution in [0, 0.1) is 23.0 Å². The van der Waals surface area contributed by atoms with Crippen molar-refractivity contribution in [3.05, 3.63) is 47.0 Å². The molecule has 0 atom stereocenters. The average molecular weight is 356 g/mol. The molecule has 1 saturated heterocycles. The van der Waals surface area contributed by atoms with Crippen LogP contribution >= 0.6 is 0 Å². The van der Waals surface area contributed by atoms with Crippen molar-refractivity contribution in [2.45, 2.75) is 38.6 Å². The van der Waals surface area contributed by atoms with Crippen LogP contribution in [-0.2, 0) is 0 Å². The molecule has 2 heterocycles. The fourth-order valence-electron chi connectivity index (χ4n) is 3.61. The lowest BCUT2D eigenvalue weighted by molar-refractivity contribution is 0.172. The van der Waals surface area contributed by atoms with Gasteiger partial charge in [0, 0.05) is 17.7 Å². The number of benzene rings is 1. The Bertz CT molecular complexity index is 829. The fourth-order valence-corrected chi connectivity index (χ4v) is 3.61. The summed E-state index contributed by atoms with van der Waals surface area (Å²) in [4.78, 5) is 6.61. The molecule has 26 heavy (non-hydrogen) atoms. The van der Waals surface area contributed by atoms with Crippen LogP contribution in [0.1, 0.15) is 43.7 Å². The van der Waals surface area contributed by atoms with Crippen molar-refractivity contribution in [3.63, 3.8) is 0 Å². The van der Waals surface area contributed by atoms with Crippen molar-refractivity contribution >= 4 is 5.82 Å². The summed E-state index contributed by atoms with van der Waals surface area (Å²) in [6.45, 7) is 6.23. The Balaban J connectivity index is 2.00. The quantitative estimate of drug-likeness (QED) is 0.900. The maximum Gasteiger partial charge on any atom is 0.142 e. The van der Waals surface area contributed by atoms with Gasteiger partial charge in [0.15, 0.2) is 0 Å². The number of anilines is 1. The number of nitrogen functional groups attached to an aromatic ring is 1. The predicted octanol–water partition coefficient (Wildman–Crippen LogP) is 4.07. The highest BCUT2D eigenvalue weighted by molar-refractivity contribution is 5.67. The van der Waals surface area contributed by atoms with Gasteiger partial charge in [-0.15, -0.1) is 0 Å². The van der Waals surface area contributed by atoms with Crippen LogP contribution in [0.25, 0.3) is 11.3 Å².